The number of hydrogen-bond acceptors (Lipinski definition) is 2. The zero-order chi connectivity index (χ0) is 6.78. The third-order valence-electron chi connectivity index (χ3n) is 1.22. The van der Waals surface area contributed by atoms with Gasteiger partial charge in [0, 0.05) is 0 Å². The van der Waals surface area contributed by atoms with Crippen LogP contribution in [0.3, 0.4) is 0 Å². The van der Waals surface area contributed by atoms with E-state index in [1.807, 2.05) is 0 Å². The van der Waals surface area contributed by atoms with Crippen molar-refractivity contribution in [3.05, 3.63) is 0 Å². The summed E-state index contributed by atoms with van der Waals surface area (Å²) in [6.45, 7) is 3.24. The standard InChI is InChI=1S/C5H11NO2.Li.H/c1-3-5(2,6)4(7)8;;/h3,6H2,1-2H3,(H,7,8);;. The summed E-state index contributed by atoms with van der Waals surface area (Å²) in [5, 5.41) is 8.32. The molecule has 0 heterocycles. The first kappa shape index (κ1) is 11.8. The molecule has 4 heteroatoms. The van der Waals surface area contributed by atoms with Crippen LogP contribution in [0.15, 0.2) is 0 Å². The van der Waals surface area contributed by atoms with Gasteiger partial charge in [0.25, 0.3) is 0 Å². The van der Waals surface area contributed by atoms with Gasteiger partial charge in [-0.15, -0.1) is 0 Å². The van der Waals surface area contributed by atoms with E-state index in [2.05, 4.69) is 0 Å². The number of nitrogens with two attached hydrogens (primary N) is 1. The van der Waals surface area contributed by atoms with E-state index in [0.717, 1.165) is 0 Å². The molecule has 0 spiro atoms. The Hall–Kier alpha value is 0.0274. The van der Waals surface area contributed by atoms with Crippen LogP contribution < -0.4 is 5.73 Å². The molecule has 1 atom stereocenters. The number of carboxylic acids is 1. The van der Waals surface area contributed by atoms with Crippen LogP contribution in [0.4, 0.5) is 0 Å². The normalized spacial score (nSPS) is 15.4. The van der Waals surface area contributed by atoms with Crippen LogP contribution >= 0.6 is 0 Å². The molecule has 0 aromatic heterocycles. The summed E-state index contributed by atoms with van der Waals surface area (Å²) >= 11 is 0. The van der Waals surface area contributed by atoms with Gasteiger partial charge in [0.1, 0.15) is 5.54 Å². The maximum atomic E-state index is 10.1. The average molecular weight is 125 g/mol. The summed E-state index contributed by atoms with van der Waals surface area (Å²) in [6.07, 6.45) is 0.461. The summed E-state index contributed by atoms with van der Waals surface area (Å²) < 4.78 is 0. The molecule has 0 bridgehead atoms. The molecule has 1 unspecified atom stereocenters. The molecule has 9 heavy (non-hydrogen) atoms. The second kappa shape index (κ2) is 3.94. The second-order valence-electron chi connectivity index (χ2n) is 2.08. The van der Waals surface area contributed by atoms with Crippen molar-refractivity contribution in [2.45, 2.75) is 25.8 Å². The van der Waals surface area contributed by atoms with Crippen molar-refractivity contribution in [2.75, 3.05) is 0 Å². The number of aliphatic carboxylic acids is 1. The van der Waals surface area contributed by atoms with Crippen LogP contribution in [0.5, 0.6) is 0 Å². The van der Waals surface area contributed by atoms with Crippen LogP contribution in [0.25, 0.3) is 0 Å². The Labute approximate surface area is 66.8 Å². The average Bonchev–Trinajstić information content (AvgIpc) is 1.67. The first-order valence-electron chi connectivity index (χ1n) is 2.53. The van der Waals surface area contributed by atoms with Crippen molar-refractivity contribution in [1.29, 1.82) is 0 Å². The van der Waals surface area contributed by atoms with Gasteiger partial charge < -0.3 is 10.8 Å². The van der Waals surface area contributed by atoms with Gasteiger partial charge in [-0.2, -0.15) is 0 Å². The molecule has 0 radical (unpaired) electrons. The van der Waals surface area contributed by atoms with E-state index in [4.69, 9.17) is 10.8 Å². The summed E-state index contributed by atoms with van der Waals surface area (Å²) in [5.41, 5.74) is 4.22. The molecule has 0 rings (SSSR count). The van der Waals surface area contributed by atoms with Crippen molar-refractivity contribution in [3.63, 3.8) is 0 Å². The van der Waals surface area contributed by atoms with Gasteiger partial charge in [-0.25, -0.2) is 0 Å². The molecule has 3 nitrogen and oxygen atoms in total. The van der Waals surface area contributed by atoms with Crippen LogP contribution in [-0.4, -0.2) is 35.5 Å². The van der Waals surface area contributed by atoms with Gasteiger partial charge in [-0.3, -0.25) is 4.79 Å². The number of carbonyl (C=O) groups is 1. The predicted molar refractivity (Wildman–Crippen MR) is 37.7 cm³/mol. The fourth-order valence-electron chi connectivity index (χ4n) is 0.151. The topological polar surface area (TPSA) is 63.3 Å². The first-order chi connectivity index (χ1) is 3.50. The second-order valence-corrected chi connectivity index (χ2v) is 2.08. The molecule has 0 aliphatic rings. The van der Waals surface area contributed by atoms with Gasteiger partial charge in [0.05, 0.1) is 0 Å². The minimum atomic E-state index is -1.04. The van der Waals surface area contributed by atoms with E-state index in [0.29, 0.717) is 6.42 Å². The molecule has 0 aliphatic carbocycles. The van der Waals surface area contributed by atoms with Crippen molar-refractivity contribution in [2.24, 2.45) is 5.73 Å². The number of hydrogen-bond donors (Lipinski definition) is 2. The quantitative estimate of drug-likeness (QED) is 0.491. The molecule has 0 fully saturated rings. The Balaban J connectivity index is 0. The monoisotopic (exact) mass is 125 g/mol. The number of rotatable bonds is 2. The van der Waals surface area contributed by atoms with Crippen molar-refractivity contribution in [1.82, 2.24) is 0 Å². The van der Waals surface area contributed by atoms with Crippen molar-refractivity contribution < 1.29 is 9.90 Å². The van der Waals surface area contributed by atoms with E-state index in [-0.39, 0.29) is 18.9 Å². The van der Waals surface area contributed by atoms with E-state index < -0.39 is 11.5 Å². The number of carboxylic acid groups (broad SMARTS) is 1. The Morgan fingerprint density at radius 1 is 1.78 bits per heavy atom. The van der Waals surface area contributed by atoms with Gasteiger partial charge in [-0.1, -0.05) is 6.92 Å². The molecule has 50 valence electrons. The summed E-state index contributed by atoms with van der Waals surface area (Å²) in [7, 11) is 0. The van der Waals surface area contributed by atoms with Crippen LogP contribution in [0.1, 0.15) is 20.3 Å². The van der Waals surface area contributed by atoms with E-state index >= 15 is 0 Å². The van der Waals surface area contributed by atoms with Crippen LogP contribution in [-0.2, 0) is 4.79 Å². The predicted octanol–water partition coefficient (Wildman–Crippen LogP) is -0.450. The van der Waals surface area contributed by atoms with E-state index in [1.54, 1.807) is 6.92 Å². The Bertz CT molecular complexity index is 103. The molecular formula is C5H12LiNO2. The molecule has 0 saturated heterocycles. The molecule has 3 N–H and O–H groups in total. The van der Waals surface area contributed by atoms with Gasteiger partial charge >= 0.3 is 24.8 Å². The Kier molecular flexibility index (Phi) is 5.16. The summed E-state index contributed by atoms with van der Waals surface area (Å²) in [4.78, 5) is 10.1. The molecule has 0 aromatic carbocycles. The van der Waals surface area contributed by atoms with Crippen molar-refractivity contribution >= 4 is 24.8 Å². The van der Waals surface area contributed by atoms with E-state index in [1.165, 1.54) is 6.92 Å². The maximum absolute atomic E-state index is 10.1. The molecular weight excluding hydrogens is 113 g/mol. The third kappa shape index (κ3) is 3.58. The summed E-state index contributed by atoms with van der Waals surface area (Å²) in [6, 6.07) is 0. The molecule has 0 saturated carbocycles. The van der Waals surface area contributed by atoms with Gasteiger partial charge in [-0.05, 0) is 13.3 Å². The van der Waals surface area contributed by atoms with E-state index in [9.17, 15) is 4.79 Å². The molecule has 0 aliphatic heterocycles. The zero-order valence-corrected chi connectivity index (χ0v) is 5.14. The Morgan fingerprint density at radius 3 is 2.11 bits per heavy atom. The first-order valence-corrected chi connectivity index (χ1v) is 2.53. The fourth-order valence-corrected chi connectivity index (χ4v) is 0.151. The van der Waals surface area contributed by atoms with Crippen LogP contribution in [0, 0.1) is 0 Å². The SMILES string of the molecule is CCC(C)(N)C(=O)O.[LiH]. The molecule has 0 aromatic rings. The fraction of sp³-hybridized carbons (Fsp3) is 0.800. The summed E-state index contributed by atoms with van der Waals surface area (Å²) in [5.74, 6) is -0.944. The van der Waals surface area contributed by atoms with Crippen molar-refractivity contribution in [3.8, 4) is 0 Å². The molecule has 0 amide bonds. The zero-order valence-electron chi connectivity index (χ0n) is 5.14. The van der Waals surface area contributed by atoms with Gasteiger partial charge in [0.15, 0.2) is 0 Å². The minimum absolute atomic E-state index is 0. The van der Waals surface area contributed by atoms with Gasteiger partial charge in [0.2, 0.25) is 0 Å². The Morgan fingerprint density at radius 2 is 2.11 bits per heavy atom. The third-order valence-corrected chi connectivity index (χ3v) is 1.22. The van der Waals surface area contributed by atoms with Crippen LogP contribution in [0.2, 0.25) is 0 Å².